The first-order valence-corrected chi connectivity index (χ1v) is 3.95. The lowest BCUT2D eigenvalue weighted by atomic mass is 10.1. The van der Waals surface area contributed by atoms with Crippen LogP contribution in [0.2, 0.25) is 0 Å². The standard InChI is InChI=1S/C7H18N2O2/c8-4-7(11)3-1-2-6(9)5-10/h6-7,10-11H,1-5,8-9H2. The number of aliphatic hydroxyl groups excluding tert-OH is 2. The van der Waals surface area contributed by atoms with Gasteiger partial charge in [-0.05, 0) is 19.3 Å². The molecule has 0 fully saturated rings. The second kappa shape index (κ2) is 6.54. The summed E-state index contributed by atoms with van der Waals surface area (Å²) in [6, 6.07) is -0.153. The molecule has 0 radical (unpaired) electrons. The van der Waals surface area contributed by atoms with Gasteiger partial charge in [0, 0.05) is 12.6 Å². The molecule has 0 saturated heterocycles. The van der Waals surface area contributed by atoms with Gasteiger partial charge in [0.1, 0.15) is 0 Å². The van der Waals surface area contributed by atoms with Crippen molar-refractivity contribution in [2.24, 2.45) is 11.5 Å². The van der Waals surface area contributed by atoms with Crippen molar-refractivity contribution < 1.29 is 10.2 Å². The number of nitrogens with two attached hydrogens (primary N) is 2. The third kappa shape index (κ3) is 6.25. The van der Waals surface area contributed by atoms with Crippen LogP contribution in [0.4, 0.5) is 0 Å². The minimum absolute atomic E-state index is 0.0126. The highest BCUT2D eigenvalue weighted by Gasteiger charge is 2.03. The minimum Gasteiger partial charge on any atom is -0.395 e. The molecule has 6 N–H and O–H groups in total. The van der Waals surface area contributed by atoms with E-state index in [-0.39, 0.29) is 12.6 Å². The van der Waals surface area contributed by atoms with Gasteiger partial charge in [-0.15, -0.1) is 0 Å². The molecule has 0 bridgehead atoms. The van der Waals surface area contributed by atoms with Gasteiger partial charge in [0.15, 0.2) is 0 Å². The van der Waals surface area contributed by atoms with E-state index < -0.39 is 6.10 Å². The third-order valence-corrected chi connectivity index (χ3v) is 1.62. The van der Waals surface area contributed by atoms with Gasteiger partial charge in [-0.3, -0.25) is 0 Å². The van der Waals surface area contributed by atoms with Crippen LogP contribution in [0, 0.1) is 0 Å². The van der Waals surface area contributed by atoms with Crippen molar-refractivity contribution in [2.45, 2.75) is 31.4 Å². The van der Waals surface area contributed by atoms with E-state index in [2.05, 4.69) is 0 Å². The van der Waals surface area contributed by atoms with Crippen LogP contribution in [-0.4, -0.2) is 35.5 Å². The summed E-state index contributed by atoms with van der Waals surface area (Å²) in [5.41, 5.74) is 10.6. The van der Waals surface area contributed by atoms with E-state index >= 15 is 0 Å². The Kier molecular flexibility index (Phi) is 6.45. The second-order valence-electron chi connectivity index (χ2n) is 2.76. The van der Waals surface area contributed by atoms with Crippen LogP contribution < -0.4 is 11.5 Å². The average molecular weight is 162 g/mol. The van der Waals surface area contributed by atoms with Crippen LogP contribution in [0.3, 0.4) is 0 Å². The fourth-order valence-electron chi connectivity index (χ4n) is 0.825. The van der Waals surface area contributed by atoms with Gasteiger partial charge < -0.3 is 21.7 Å². The molecule has 0 rings (SSSR count). The Morgan fingerprint density at radius 3 is 2.36 bits per heavy atom. The first kappa shape index (κ1) is 10.8. The molecule has 11 heavy (non-hydrogen) atoms. The fourth-order valence-corrected chi connectivity index (χ4v) is 0.825. The summed E-state index contributed by atoms with van der Waals surface area (Å²) in [5, 5.41) is 17.6. The van der Waals surface area contributed by atoms with Crippen molar-refractivity contribution in [1.29, 1.82) is 0 Å². The summed E-state index contributed by atoms with van der Waals surface area (Å²) in [6.45, 7) is 0.313. The van der Waals surface area contributed by atoms with E-state index in [4.69, 9.17) is 21.7 Å². The van der Waals surface area contributed by atoms with E-state index in [1.807, 2.05) is 0 Å². The quantitative estimate of drug-likeness (QED) is 0.394. The molecule has 0 saturated carbocycles. The lowest BCUT2D eigenvalue weighted by Gasteiger charge is -2.09. The smallest absolute Gasteiger partial charge is 0.0662 e. The molecule has 0 amide bonds. The molecule has 4 nitrogen and oxygen atoms in total. The van der Waals surface area contributed by atoms with E-state index in [0.717, 1.165) is 12.8 Å². The molecular formula is C7H18N2O2. The van der Waals surface area contributed by atoms with Crippen LogP contribution in [0.5, 0.6) is 0 Å². The summed E-state index contributed by atoms with van der Waals surface area (Å²) in [4.78, 5) is 0. The normalized spacial score (nSPS) is 16.4. The summed E-state index contributed by atoms with van der Waals surface area (Å²) in [6.07, 6.45) is 1.82. The third-order valence-electron chi connectivity index (χ3n) is 1.62. The van der Waals surface area contributed by atoms with E-state index in [9.17, 15) is 0 Å². The molecule has 68 valence electrons. The maximum absolute atomic E-state index is 9.02. The summed E-state index contributed by atoms with van der Waals surface area (Å²) in [7, 11) is 0. The van der Waals surface area contributed by atoms with Gasteiger partial charge in [0.05, 0.1) is 12.7 Å². The molecule has 0 aromatic rings. The summed E-state index contributed by atoms with van der Waals surface area (Å²) < 4.78 is 0. The SMILES string of the molecule is NCC(O)CCCC(N)CO. The Balaban J connectivity index is 3.13. The van der Waals surface area contributed by atoms with Gasteiger partial charge >= 0.3 is 0 Å². The van der Waals surface area contributed by atoms with Crippen LogP contribution in [-0.2, 0) is 0 Å². The lowest BCUT2D eigenvalue weighted by molar-refractivity contribution is 0.165. The van der Waals surface area contributed by atoms with Crippen molar-refractivity contribution in [3.05, 3.63) is 0 Å². The van der Waals surface area contributed by atoms with Crippen LogP contribution in [0.15, 0.2) is 0 Å². The lowest BCUT2D eigenvalue weighted by Crippen LogP contribution is -2.25. The second-order valence-corrected chi connectivity index (χ2v) is 2.76. The zero-order chi connectivity index (χ0) is 8.69. The Labute approximate surface area is 67.2 Å². The summed E-state index contributed by atoms with van der Waals surface area (Å²) >= 11 is 0. The van der Waals surface area contributed by atoms with Gasteiger partial charge in [0.25, 0.3) is 0 Å². The van der Waals surface area contributed by atoms with Gasteiger partial charge in [-0.2, -0.15) is 0 Å². The monoisotopic (exact) mass is 162 g/mol. The maximum Gasteiger partial charge on any atom is 0.0662 e. The largest absolute Gasteiger partial charge is 0.395 e. The molecule has 4 heteroatoms. The molecular weight excluding hydrogens is 144 g/mol. The van der Waals surface area contributed by atoms with E-state index in [1.165, 1.54) is 0 Å². The Bertz CT molecular complexity index is 80.5. The van der Waals surface area contributed by atoms with Crippen molar-refractivity contribution in [3.8, 4) is 0 Å². The molecule has 2 atom stereocenters. The van der Waals surface area contributed by atoms with Crippen molar-refractivity contribution in [1.82, 2.24) is 0 Å². The van der Waals surface area contributed by atoms with Crippen molar-refractivity contribution in [3.63, 3.8) is 0 Å². The average Bonchev–Trinajstić information content (AvgIpc) is 2.04. The van der Waals surface area contributed by atoms with Crippen LogP contribution >= 0.6 is 0 Å². The van der Waals surface area contributed by atoms with Gasteiger partial charge in [-0.25, -0.2) is 0 Å². The molecule has 0 aliphatic carbocycles. The molecule has 2 unspecified atom stereocenters. The maximum atomic E-state index is 9.02. The summed E-state index contributed by atoms with van der Waals surface area (Å²) in [5.74, 6) is 0. The topological polar surface area (TPSA) is 92.5 Å². The number of hydrogen-bond donors (Lipinski definition) is 4. The van der Waals surface area contributed by atoms with Crippen LogP contribution in [0.1, 0.15) is 19.3 Å². The highest BCUT2D eigenvalue weighted by atomic mass is 16.3. The van der Waals surface area contributed by atoms with Gasteiger partial charge in [-0.1, -0.05) is 0 Å². The predicted octanol–water partition coefficient (Wildman–Crippen LogP) is -1.20. The molecule has 0 aromatic carbocycles. The number of aliphatic hydroxyl groups is 2. The first-order valence-electron chi connectivity index (χ1n) is 3.95. The highest BCUT2D eigenvalue weighted by molar-refractivity contribution is 4.62. The van der Waals surface area contributed by atoms with Crippen molar-refractivity contribution in [2.75, 3.05) is 13.2 Å². The highest BCUT2D eigenvalue weighted by Crippen LogP contribution is 2.01. The molecule has 0 heterocycles. The molecule has 0 spiro atoms. The first-order chi connectivity index (χ1) is 5.20. The number of hydrogen-bond acceptors (Lipinski definition) is 4. The van der Waals surface area contributed by atoms with Gasteiger partial charge in [0.2, 0.25) is 0 Å². The fraction of sp³-hybridized carbons (Fsp3) is 1.00. The zero-order valence-corrected chi connectivity index (χ0v) is 6.74. The van der Waals surface area contributed by atoms with E-state index in [1.54, 1.807) is 0 Å². The predicted molar refractivity (Wildman–Crippen MR) is 44.0 cm³/mol. The molecule has 0 aliphatic heterocycles. The number of rotatable bonds is 6. The van der Waals surface area contributed by atoms with E-state index in [0.29, 0.717) is 13.0 Å². The Hall–Kier alpha value is -0.160. The molecule has 0 aromatic heterocycles. The molecule has 0 aliphatic rings. The zero-order valence-electron chi connectivity index (χ0n) is 6.74. The Morgan fingerprint density at radius 2 is 1.91 bits per heavy atom. The van der Waals surface area contributed by atoms with Crippen molar-refractivity contribution >= 4 is 0 Å². The minimum atomic E-state index is -0.416. The van der Waals surface area contributed by atoms with Crippen LogP contribution in [0.25, 0.3) is 0 Å². The Morgan fingerprint density at radius 1 is 1.27 bits per heavy atom.